The van der Waals surface area contributed by atoms with E-state index in [1.165, 1.54) is 6.26 Å². The third kappa shape index (κ3) is 1.36. The van der Waals surface area contributed by atoms with Gasteiger partial charge in [0.2, 0.25) is 0 Å². The van der Waals surface area contributed by atoms with Gasteiger partial charge in [-0.3, -0.25) is 14.8 Å². The Bertz CT molecular complexity index is 485. The van der Waals surface area contributed by atoms with Crippen molar-refractivity contribution in [3.63, 3.8) is 0 Å². The fourth-order valence-electron chi connectivity index (χ4n) is 2.14. The first-order chi connectivity index (χ1) is 7.74. The number of ether oxygens (including phenoxy) is 1. The Balaban J connectivity index is 1.91. The number of nitrogens with two attached hydrogens (primary N) is 1. The molecule has 1 unspecified atom stereocenters. The van der Waals surface area contributed by atoms with Crippen LogP contribution in [0.4, 0.5) is 0 Å². The van der Waals surface area contributed by atoms with Gasteiger partial charge in [-0.2, -0.15) is 0 Å². The minimum absolute atomic E-state index is 0.00102. The monoisotopic (exact) mass is 217 g/mol. The lowest BCUT2D eigenvalue weighted by Gasteiger charge is -2.28. The lowest BCUT2D eigenvalue weighted by Crippen LogP contribution is -2.32. The summed E-state index contributed by atoms with van der Waals surface area (Å²) in [4.78, 5) is 19.6. The molecule has 2 N–H and O–H groups in total. The summed E-state index contributed by atoms with van der Waals surface area (Å²) < 4.78 is 5.50. The van der Waals surface area contributed by atoms with Crippen LogP contribution >= 0.6 is 0 Å². The summed E-state index contributed by atoms with van der Waals surface area (Å²) in [7, 11) is 0. The molecule has 0 aromatic heterocycles. The first-order valence-corrected chi connectivity index (χ1v) is 5.17. The highest BCUT2D eigenvalue weighted by Gasteiger charge is 2.32. The van der Waals surface area contributed by atoms with E-state index in [9.17, 15) is 4.79 Å². The lowest BCUT2D eigenvalue weighted by atomic mass is 9.87. The maximum atomic E-state index is 11.0. The number of carbonyl (C=O) groups is 1. The molecule has 0 aromatic carbocycles. The molecule has 0 spiro atoms. The molecule has 1 fully saturated rings. The second-order valence-corrected chi connectivity index (χ2v) is 4.01. The zero-order chi connectivity index (χ0) is 11.1. The fourth-order valence-corrected chi connectivity index (χ4v) is 2.14. The van der Waals surface area contributed by atoms with Gasteiger partial charge in [-0.15, -0.1) is 0 Å². The Morgan fingerprint density at radius 3 is 3.06 bits per heavy atom. The van der Waals surface area contributed by atoms with Crippen LogP contribution in [0.5, 0.6) is 0 Å². The molecule has 5 nitrogen and oxygen atoms in total. The molecule has 2 aliphatic heterocycles. The zero-order valence-electron chi connectivity index (χ0n) is 8.64. The van der Waals surface area contributed by atoms with E-state index in [1.54, 1.807) is 0 Å². The van der Waals surface area contributed by atoms with Gasteiger partial charge >= 0.3 is 0 Å². The largest absolute Gasteiger partial charge is 0.492 e. The highest BCUT2D eigenvalue weighted by atomic mass is 16.5. The van der Waals surface area contributed by atoms with Gasteiger partial charge in [-0.1, -0.05) is 0 Å². The van der Waals surface area contributed by atoms with Crippen LogP contribution in [0, 0.1) is 0 Å². The molecule has 3 aliphatic rings. The second-order valence-electron chi connectivity index (χ2n) is 4.01. The first kappa shape index (κ1) is 9.33. The molecule has 0 radical (unpaired) electrons. The lowest BCUT2D eigenvalue weighted by molar-refractivity contribution is -0.114. The Hall–Kier alpha value is -1.91. The molecular formula is C11H11N3O2. The predicted molar refractivity (Wildman–Crippen MR) is 59.2 cm³/mol. The number of rotatable bonds is 1. The van der Waals surface area contributed by atoms with Crippen molar-refractivity contribution >= 4 is 17.3 Å². The smallest absolute Gasteiger partial charge is 0.251 e. The number of carbonyl (C=O) groups excluding carboxylic acids is 1. The molecule has 1 saturated carbocycles. The Kier molecular flexibility index (Phi) is 1.92. The van der Waals surface area contributed by atoms with Gasteiger partial charge in [0.15, 0.2) is 0 Å². The van der Waals surface area contributed by atoms with Crippen LogP contribution in [0.2, 0.25) is 0 Å². The number of nitrogens with zero attached hydrogens (tertiary/aromatic N) is 2. The van der Waals surface area contributed by atoms with E-state index < -0.39 is 5.91 Å². The SMILES string of the molecule is NC(=O)C1=COC2CC3=NCN=C3CC2=C1. The summed E-state index contributed by atoms with van der Waals surface area (Å²) in [6.07, 6.45) is 4.71. The number of amides is 1. The third-order valence-corrected chi connectivity index (χ3v) is 3.00. The van der Waals surface area contributed by atoms with Crippen molar-refractivity contribution in [3.8, 4) is 0 Å². The quantitative estimate of drug-likeness (QED) is 0.687. The van der Waals surface area contributed by atoms with Crippen LogP contribution in [0.15, 0.2) is 33.5 Å². The average Bonchev–Trinajstić information content (AvgIpc) is 2.71. The molecule has 2 heterocycles. The van der Waals surface area contributed by atoms with E-state index in [0.717, 1.165) is 23.4 Å². The van der Waals surface area contributed by atoms with E-state index in [1.807, 2.05) is 6.08 Å². The number of aliphatic imine (C=N–C) groups is 2. The molecule has 82 valence electrons. The molecule has 1 amide bonds. The second kappa shape index (κ2) is 3.30. The maximum absolute atomic E-state index is 11.0. The van der Waals surface area contributed by atoms with Gasteiger partial charge in [-0.25, -0.2) is 0 Å². The minimum Gasteiger partial charge on any atom is -0.492 e. The van der Waals surface area contributed by atoms with E-state index >= 15 is 0 Å². The molecule has 0 saturated heterocycles. The molecule has 3 rings (SSSR count). The molecule has 5 heteroatoms. The van der Waals surface area contributed by atoms with Gasteiger partial charge in [0, 0.05) is 12.8 Å². The first-order valence-electron chi connectivity index (χ1n) is 5.17. The summed E-state index contributed by atoms with van der Waals surface area (Å²) >= 11 is 0. The van der Waals surface area contributed by atoms with Crippen molar-refractivity contribution < 1.29 is 9.53 Å². The maximum Gasteiger partial charge on any atom is 0.251 e. The number of fused-ring (bicyclic) bond motifs is 2. The molecular weight excluding hydrogens is 206 g/mol. The van der Waals surface area contributed by atoms with E-state index in [2.05, 4.69) is 9.98 Å². The summed E-state index contributed by atoms with van der Waals surface area (Å²) in [5, 5.41) is 0. The molecule has 0 aromatic rings. The van der Waals surface area contributed by atoms with Crippen LogP contribution in [-0.4, -0.2) is 30.1 Å². The number of hydrogen-bond acceptors (Lipinski definition) is 4. The average molecular weight is 217 g/mol. The third-order valence-electron chi connectivity index (χ3n) is 3.00. The van der Waals surface area contributed by atoms with Crippen LogP contribution in [0.1, 0.15) is 12.8 Å². The van der Waals surface area contributed by atoms with Crippen molar-refractivity contribution in [2.45, 2.75) is 18.9 Å². The molecule has 16 heavy (non-hydrogen) atoms. The van der Waals surface area contributed by atoms with Crippen LogP contribution in [-0.2, 0) is 9.53 Å². The van der Waals surface area contributed by atoms with Crippen molar-refractivity contribution in [1.82, 2.24) is 0 Å². The summed E-state index contributed by atoms with van der Waals surface area (Å²) in [5.41, 5.74) is 8.76. The number of hydrogen-bond donors (Lipinski definition) is 1. The highest BCUT2D eigenvalue weighted by molar-refractivity contribution is 6.44. The van der Waals surface area contributed by atoms with Gasteiger partial charge < -0.3 is 10.5 Å². The minimum atomic E-state index is -0.459. The normalized spacial score (nSPS) is 26.6. The highest BCUT2D eigenvalue weighted by Crippen LogP contribution is 2.29. The van der Waals surface area contributed by atoms with Gasteiger partial charge in [0.05, 0.1) is 23.3 Å². The standard InChI is InChI=1S/C11H11N3O2/c12-11(15)7-1-6-2-8-9(14-5-13-8)3-10(6)16-4-7/h1,4,10H,2-3,5H2,(H2,12,15). The van der Waals surface area contributed by atoms with Crippen molar-refractivity contribution in [2.24, 2.45) is 15.7 Å². The summed E-state index contributed by atoms with van der Waals surface area (Å²) in [6.45, 7) is 0.529. The topological polar surface area (TPSA) is 77.0 Å². The predicted octanol–water partition coefficient (Wildman–Crippen LogP) is 0.328. The molecule has 0 bridgehead atoms. The van der Waals surface area contributed by atoms with Gasteiger partial charge in [0.1, 0.15) is 12.8 Å². The van der Waals surface area contributed by atoms with Crippen molar-refractivity contribution in [3.05, 3.63) is 23.5 Å². The van der Waals surface area contributed by atoms with E-state index in [-0.39, 0.29) is 6.10 Å². The van der Waals surface area contributed by atoms with Gasteiger partial charge in [-0.05, 0) is 11.6 Å². The zero-order valence-corrected chi connectivity index (χ0v) is 8.64. The van der Waals surface area contributed by atoms with E-state index in [0.29, 0.717) is 18.7 Å². The fraction of sp³-hybridized carbons (Fsp3) is 0.364. The summed E-state index contributed by atoms with van der Waals surface area (Å²) in [5.74, 6) is -0.459. The van der Waals surface area contributed by atoms with Crippen molar-refractivity contribution in [2.75, 3.05) is 6.67 Å². The van der Waals surface area contributed by atoms with Crippen LogP contribution in [0.3, 0.4) is 0 Å². The number of primary amides is 1. The van der Waals surface area contributed by atoms with Crippen molar-refractivity contribution in [1.29, 1.82) is 0 Å². The van der Waals surface area contributed by atoms with E-state index in [4.69, 9.17) is 10.5 Å². The summed E-state index contributed by atoms with van der Waals surface area (Å²) in [6, 6.07) is 0. The van der Waals surface area contributed by atoms with Gasteiger partial charge in [0.25, 0.3) is 5.91 Å². The molecule has 1 aliphatic carbocycles. The Morgan fingerprint density at radius 1 is 1.44 bits per heavy atom. The van der Waals surface area contributed by atoms with Crippen LogP contribution in [0.25, 0.3) is 0 Å². The Labute approximate surface area is 92.4 Å². The van der Waals surface area contributed by atoms with Crippen LogP contribution < -0.4 is 5.73 Å². The Morgan fingerprint density at radius 2 is 2.25 bits per heavy atom. The molecule has 1 atom stereocenters.